The van der Waals surface area contributed by atoms with E-state index >= 15 is 0 Å². The summed E-state index contributed by atoms with van der Waals surface area (Å²) in [6, 6.07) is 18.6. The second kappa shape index (κ2) is 5.80. The summed E-state index contributed by atoms with van der Waals surface area (Å²) < 4.78 is 0. The standard InChI is InChI=1S/C19H23N/c1-14-5-9-16(10-6-14)19(18-4-3-13-20-18)17-11-7-15(2)8-12-17/h5-12,18-20H,3-4,13H2,1-2H3/t18-/m0/s1. The molecule has 0 radical (unpaired) electrons. The summed E-state index contributed by atoms with van der Waals surface area (Å²) in [5.41, 5.74) is 5.52. The van der Waals surface area contributed by atoms with E-state index in [9.17, 15) is 0 Å². The van der Waals surface area contributed by atoms with Crippen LogP contribution in [0, 0.1) is 13.8 Å². The van der Waals surface area contributed by atoms with Crippen molar-refractivity contribution < 1.29 is 0 Å². The Morgan fingerprint density at radius 3 is 1.75 bits per heavy atom. The van der Waals surface area contributed by atoms with Crippen molar-refractivity contribution in [2.75, 3.05) is 6.54 Å². The fourth-order valence-electron chi connectivity index (χ4n) is 3.20. The highest BCUT2D eigenvalue weighted by Gasteiger charge is 2.27. The molecule has 1 aliphatic rings. The highest BCUT2D eigenvalue weighted by Crippen LogP contribution is 2.32. The van der Waals surface area contributed by atoms with Crippen LogP contribution in [-0.2, 0) is 0 Å². The molecule has 1 nitrogen and oxygen atoms in total. The zero-order chi connectivity index (χ0) is 13.9. The molecule has 104 valence electrons. The molecular formula is C19H23N. The van der Waals surface area contributed by atoms with Gasteiger partial charge in [-0.15, -0.1) is 0 Å². The van der Waals surface area contributed by atoms with Gasteiger partial charge in [0.05, 0.1) is 0 Å². The van der Waals surface area contributed by atoms with E-state index in [0.717, 1.165) is 6.54 Å². The predicted octanol–water partition coefficient (Wildman–Crippen LogP) is 4.19. The molecule has 2 aromatic carbocycles. The Labute approximate surface area is 122 Å². The van der Waals surface area contributed by atoms with Crippen LogP contribution in [-0.4, -0.2) is 12.6 Å². The topological polar surface area (TPSA) is 12.0 Å². The van der Waals surface area contributed by atoms with E-state index in [2.05, 4.69) is 67.7 Å². The summed E-state index contributed by atoms with van der Waals surface area (Å²) in [4.78, 5) is 0. The van der Waals surface area contributed by atoms with E-state index < -0.39 is 0 Å². The quantitative estimate of drug-likeness (QED) is 0.877. The average Bonchev–Trinajstić information content (AvgIpc) is 2.97. The van der Waals surface area contributed by atoms with Gasteiger partial charge in [-0.05, 0) is 44.4 Å². The van der Waals surface area contributed by atoms with E-state index in [1.165, 1.54) is 35.1 Å². The molecule has 0 unspecified atom stereocenters. The SMILES string of the molecule is Cc1ccc(C(c2ccc(C)cc2)[C@@H]2CCCN2)cc1. The molecule has 3 rings (SSSR count). The lowest BCUT2D eigenvalue weighted by Gasteiger charge is -2.25. The van der Waals surface area contributed by atoms with Crippen LogP contribution in [0.1, 0.15) is 41.0 Å². The first-order valence-corrected chi connectivity index (χ1v) is 7.60. The normalized spacial score (nSPS) is 18.6. The average molecular weight is 265 g/mol. The Kier molecular flexibility index (Phi) is 3.88. The second-order valence-corrected chi connectivity index (χ2v) is 6.00. The lowest BCUT2D eigenvalue weighted by atomic mass is 9.84. The number of hydrogen-bond donors (Lipinski definition) is 1. The molecule has 0 saturated carbocycles. The highest BCUT2D eigenvalue weighted by molar-refractivity contribution is 5.37. The van der Waals surface area contributed by atoms with Gasteiger partial charge in [-0.2, -0.15) is 0 Å². The van der Waals surface area contributed by atoms with Crippen molar-refractivity contribution in [1.82, 2.24) is 5.32 Å². The zero-order valence-electron chi connectivity index (χ0n) is 12.4. The second-order valence-electron chi connectivity index (χ2n) is 6.00. The van der Waals surface area contributed by atoms with Crippen molar-refractivity contribution in [1.29, 1.82) is 0 Å². The molecule has 2 aromatic rings. The van der Waals surface area contributed by atoms with Gasteiger partial charge in [-0.3, -0.25) is 0 Å². The number of aryl methyl sites for hydroxylation is 2. The Morgan fingerprint density at radius 1 is 0.850 bits per heavy atom. The van der Waals surface area contributed by atoms with Crippen LogP contribution < -0.4 is 5.32 Å². The van der Waals surface area contributed by atoms with Gasteiger partial charge >= 0.3 is 0 Å². The summed E-state index contributed by atoms with van der Waals surface area (Å²) in [7, 11) is 0. The Morgan fingerprint density at radius 2 is 1.35 bits per heavy atom. The van der Waals surface area contributed by atoms with E-state index in [1.54, 1.807) is 0 Å². The summed E-state index contributed by atoms with van der Waals surface area (Å²) in [5, 5.41) is 3.68. The first kappa shape index (κ1) is 13.4. The molecule has 0 bridgehead atoms. The number of hydrogen-bond acceptors (Lipinski definition) is 1. The third kappa shape index (κ3) is 2.78. The highest BCUT2D eigenvalue weighted by atomic mass is 14.9. The molecule has 0 amide bonds. The van der Waals surface area contributed by atoms with E-state index in [-0.39, 0.29) is 0 Å². The number of nitrogens with one attached hydrogen (secondary N) is 1. The number of benzene rings is 2. The predicted molar refractivity (Wildman–Crippen MR) is 85.2 cm³/mol. The van der Waals surface area contributed by atoms with Crippen molar-refractivity contribution in [2.45, 2.75) is 38.6 Å². The Hall–Kier alpha value is -1.60. The van der Waals surface area contributed by atoms with Crippen LogP contribution in [0.15, 0.2) is 48.5 Å². The van der Waals surface area contributed by atoms with Crippen molar-refractivity contribution in [3.8, 4) is 0 Å². The maximum atomic E-state index is 3.68. The van der Waals surface area contributed by atoms with Crippen molar-refractivity contribution >= 4 is 0 Å². The van der Waals surface area contributed by atoms with Crippen LogP contribution in [0.2, 0.25) is 0 Å². The molecule has 1 aliphatic heterocycles. The minimum absolute atomic E-state index is 0.471. The third-order valence-electron chi connectivity index (χ3n) is 4.37. The van der Waals surface area contributed by atoms with Gasteiger partial charge in [0, 0.05) is 12.0 Å². The fraction of sp³-hybridized carbons (Fsp3) is 0.368. The Balaban J connectivity index is 1.98. The van der Waals surface area contributed by atoms with E-state index in [4.69, 9.17) is 0 Å². The first-order chi connectivity index (χ1) is 9.74. The minimum Gasteiger partial charge on any atom is -0.313 e. The van der Waals surface area contributed by atoms with Crippen molar-refractivity contribution in [2.24, 2.45) is 0 Å². The summed E-state index contributed by atoms with van der Waals surface area (Å²) in [6.07, 6.45) is 2.56. The largest absolute Gasteiger partial charge is 0.313 e. The molecule has 0 aliphatic carbocycles. The first-order valence-electron chi connectivity index (χ1n) is 7.60. The lowest BCUT2D eigenvalue weighted by molar-refractivity contribution is 0.540. The molecular weight excluding hydrogens is 242 g/mol. The van der Waals surface area contributed by atoms with Crippen molar-refractivity contribution in [3.05, 3.63) is 70.8 Å². The van der Waals surface area contributed by atoms with Gasteiger partial charge in [0.15, 0.2) is 0 Å². The monoisotopic (exact) mass is 265 g/mol. The van der Waals surface area contributed by atoms with E-state index in [1.807, 2.05) is 0 Å². The van der Waals surface area contributed by atoms with Crippen molar-refractivity contribution in [3.63, 3.8) is 0 Å². The third-order valence-corrected chi connectivity index (χ3v) is 4.37. The lowest BCUT2D eigenvalue weighted by Crippen LogP contribution is -2.29. The van der Waals surface area contributed by atoms with Gasteiger partial charge in [-0.25, -0.2) is 0 Å². The maximum Gasteiger partial charge on any atom is 0.0243 e. The van der Waals surface area contributed by atoms with Gasteiger partial charge in [0.1, 0.15) is 0 Å². The van der Waals surface area contributed by atoms with Gasteiger partial charge in [-0.1, -0.05) is 59.7 Å². The molecule has 1 N–H and O–H groups in total. The molecule has 0 spiro atoms. The van der Waals surface area contributed by atoms with Gasteiger partial charge in [0.25, 0.3) is 0 Å². The molecule has 1 fully saturated rings. The van der Waals surface area contributed by atoms with Crippen LogP contribution in [0.5, 0.6) is 0 Å². The fourth-order valence-corrected chi connectivity index (χ4v) is 3.20. The van der Waals surface area contributed by atoms with Crippen LogP contribution >= 0.6 is 0 Å². The van der Waals surface area contributed by atoms with Crippen LogP contribution in [0.4, 0.5) is 0 Å². The summed E-state index contributed by atoms with van der Waals surface area (Å²) in [5.74, 6) is 0.471. The smallest absolute Gasteiger partial charge is 0.0243 e. The molecule has 0 aromatic heterocycles. The zero-order valence-corrected chi connectivity index (χ0v) is 12.4. The summed E-state index contributed by atoms with van der Waals surface area (Å²) >= 11 is 0. The molecule has 1 heteroatoms. The number of rotatable bonds is 3. The minimum atomic E-state index is 0.471. The molecule has 1 atom stereocenters. The molecule has 20 heavy (non-hydrogen) atoms. The van der Waals surface area contributed by atoms with E-state index in [0.29, 0.717) is 12.0 Å². The van der Waals surface area contributed by atoms with Crippen LogP contribution in [0.25, 0.3) is 0 Å². The molecule has 1 saturated heterocycles. The van der Waals surface area contributed by atoms with Gasteiger partial charge in [0.2, 0.25) is 0 Å². The Bertz CT molecular complexity index is 502. The van der Waals surface area contributed by atoms with Crippen LogP contribution in [0.3, 0.4) is 0 Å². The van der Waals surface area contributed by atoms with Gasteiger partial charge < -0.3 is 5.32 Å². The maximum absolute atomic E-state index is 3.68. The molecule has 1 heterocycles. The summed E-state index contributed by atoms with van der Waals surface area (Å²) in [6.45, 7) is 5.45.